The summed E-state index contributed by atoms with van der Waals surface area (Å²) in [5.41, 5.74) is 2.04. The summed E-state index contributed by atoms with van der Waals surface area (Å²) >= 11 is 11.8. The summed E-state index contributed by atoms with van der Waals surface area (Å²) in [6, 6.07) is 9.23. The van der Waals surface area contributed by atoms with Crippen LogP contribution >= 0.6 is 23.2 Å². The maximum atomic E-state index is 13.1. The van der Waals surface area contributed by atoms with Crippen molar-refractivity contribution >= 4 is 44.9 Å². The molecule has 0 spiro atoms. The fourth-order valence-corrected chi connectivity index (χ4v) is 4.11. The number of carbonyl (C=O) groups excluding carboxylic acids is 1. The third kappa shape index (κ3) is 4.08. The number of sulfonamides is 1. The van der Waals surface area contributed by atoms with Gasteiger partial charge in [-0.2, -0.15) is 0 Å². The van der Waals surface area contributed by atoms with Gasteiger partial charge in [0.1, 0.15) is 6.54 Å². The molecule has 0 aliphatic heterocycles. The van der Waals surface area contributed by atoms with E-state index in [2.05, 4.69) is 4.74 Å². The third-order valence-electron chi connectivity index (χ3n) is 3.82. The van der Waals surface area contributed by atoms with Gasteiger partial charge in [-0.25, -0.2) is 8.42 Å². The summed E-state index contributed by atoms with van der Waals surface area (Å²) in [6.45, 7) is 3.20. The molecule has 0 radical (unpaired) electrons. The molecule has 0 aromatic heterocycles. The Balaban J connectivity index is 2.63. The number of nitrogens with zero attached hydrogens (tertiary/aromatic N) is 1. The molecule has 0 unspecified atom stereocenters. The highest BCUT2D eigenvalue weighted by molar-refractivity contribution is 7.92. The largest absolute Gasteiger partial charge is 0.468 e. The van der Waals surface area contributed by atoms with Crippen molar-refractivity contribution in [2.45, 2.75) is 18.7 Å². The molecule has 0 saturated carbocycles. The van der Waals surface area contributed by atoms with E-state index >= 15 is 0 Å². The van der Waals surface area contributed by atoms with E-state index in [0.29, 0.717) is 5.69 Å². The molecule has 2 rings (SSSR count). The van der Waals surface area contributed by atoms with Crippen molar-refractivity contribution < 1.29 is 17.9 Å². The maximum Gasteiger partial charge on any atom is 0.326 e. The second-order valence-corrected chi connectivity index (χ2v) is 8.06. The van der Waals surface area contributed by atoms with Gasteiger partial charge in [0.15, 0.2) is 0 Å². The summed E-state index contributed by atoms with van der Waals surface area (Å²) in [5.74, 6) is -0.676. The van der Waals surface area contributed by atoms with Gasteiger partial charge in [0.25, 0.3) is 10.0 Å². The fraction of sp³-hybridized carbons (Fsp3) is 0.235. The lowest BCUT2D eigenvalue weighted by Crippen LogP contribution is -2.36. The van der Waals surface area contributed by atoms with Crippen molar-refractivity contribution in [2.24, 2.45) is 0 Å². The zero-order valence-electron chi connectivity index (χ0n) is 13.9. The lowest BCUT2D eigenvalue weighted by Gasteiger charge is -2.25. The molecule has 0 aliphatic carbocycles. The molecule has 0 fully saturated rings. The molecule has 0 atom stereocenters. The van der Waals surface area contributed by atoms with Gasteiger partial charge < -0.3 is 4.74 Å². The Hall–Kier alpha value is -1.76. The Labute approximate surface area is 157 Å². The highest BCUT2D eigenvalue weighted by Crippen LogP contribution is 2.31. The van der Waals surface area contributed by atoms with Crippen molar-refractivity contribution in [1.82, 2.24) is 0 Å². The molecule has 8 heteroatoms. The molecule has 0 amide bonds. The second-order valence-electron chi connectivity index (χ2n) is 5.38. The van der Waals surface area contributed by atoms with Gasteiger partial charge in [0.05, 0.1) is 27.7 Å². The first-order valence-corrected chi connectivity index (χ1v) is 9.49. The number of rotatable bonds is 5. The Morgan fingerprint density at radius 3 is 2.40 bits per heavy atom. The second kappa shape index (κ2) is 7.64. The minimum atomic E-state index is -4.05. The van der Waals surface area contributed by atoms with Gasteiger partial charge in [0, 0.05) is 0 Å². The molecule has 2 aromatic carbocycles. The normalized spacial score (nSPS) is 11.2. The van der Waals surface area contributed by atoms with Crippen LogP contribution in [0.25, 0.3) is 0 Å². The quantitative estimate of drug-likeness (QED) is 0.710. The van der Waals surface area contributed by atoms with Crippen LogP contribution in [0.4, 0.5) is 5.69 Å². The highest BCUT2D eigenvalue weighted by Gasteiger charge is 2.29. The summed E-state index contributed by atoms with van der Waals surface area (Å²) < 4.78 is 31.9. The molecular weight excluding hydrogens is 385 g/mol. The molecule has 0 aliphatic rings. The predicted octanol–water partition coefficient (Wildman–Crippen LogP) is 3.98. The van der Waals surface area contributed by atoms with Crippen LogP contribution in [0.1, 0.15) is 11.1 Å². The number of halogens is 2. The topological polar surface area (TPSA) is 63.7 Å². The minimum Gasteiger partial charge on any atom is -0.468 e. The summed E-state index contributed by atoms with van der Waals surface area (Å²) in [7, 11) is -2.84. The average Bonchev–Trinajstić information content (AvgIpc) is 2.57. The third-order valence-corrected chi connectivity index (χ3v) is 6.32. The standard InChI is InChI=1S/C17H17Cl2NO4S/c1-11-5-4-6-16(12(11)2)20(10-17(21)24-3)25(22,23)13-7-8-14(18)15(19)9-13/h4-9H,10H2,1-3H3. The Morgan fingerprint density at radius 1 is 1.12 bits per heavy atom. The van der Waals surface area contributed by atoms with Crippen LogP contribution in [0.3, 0.4) is 0 Å². The molecule has 5 nitrogen and oxygen atoms in total. The van der Waals surface area contributed by atoms with Crippen LogP contribution in [0.2, 0.25) is 10.0 Å². The number of hydrogen-bond donors (Lipinski definition) is 0. The highest BCUT2D eigenvalue weighted by atomic mass is 35.5. The zero-order chi connectivity index (χ0) is 18.8. The monoisotopic (exact) mass is 401 g/mol. The molecule has 25 heavy (non-hydrogen) atoms. The van der Waals surface area contributed by atoms with Crippen molar-refractivity contribution in [3.63, 3.8) is 0 Å². The number of anilines is 1. The van der Waals surface area contributed by atoms with Gasteiger partial charge in [-0.1, -0.05) is 35.3 Å². The van der Waals surface area contributed by atoms with E-state index in [1.807, 2.05) is 13.0 Å². The van der Waals surface area contributed by atoms with Crippen molar-refractivity contribution in [3.05, 3.63) is 57.6 Å². The lowest BCUT2D eigenvalue weighted by atomic mass is 10.1. The van der Waals surface area contributed by atoms with Gasteiger partial charge in [0.2, 0.25) is 0 Å². The van der Waals surface area contributed by atoms with E-state index in [9.17, 15) is 13.2 Å². The zero-order valence-corrected chi connectivity index (χ0v) is 16.2. The number of hydrogen-bond acceptors (Lipinski definition) is 4. The van der Waals surface area contributed by atoms with Crippen molar-refractivity contribution in [1.29, 1.82) is 0 Å². The SMILES string of the molecule is COC(=O)CN(c1cccc(C)c1C)S(=O)(=O)c1ccc(Cl)c(Cl)c1. The molecular formula is C17H17Cl2NO4S. The van der Waals surface area contributed by atoms with E-state index in [4.69, 9.17) is 23.2 Å². The first-order chi connectivity index (χ1) is 11.7. The van der Waals surface area contributed by atoms with Crippen LogP contribution in [-0.2, 0) is 19.6 Å². The van der Waals surface area contributed by atoms with Crippen LogP contribution in [-0.4, -0.2) is 28.0 Å². The van der Waals surface area contributed by atoms with Crippen molar-refractivity contribution in [3.8, 4) is 0 Å². The van der Waals surface area contributed by atoms with E-state index in [1.165, 1.54) is 25.3 Å². The van der Waals surface area contributed by atoms with E-state index in [0.717, 1.165) is 15.4 Å². The minimum absolute atomic E-state index is 0.0632. The lowest BCUT2D eigenvalue weighted by molar-refractivity contribution is -0.138. The first-order valence-electron chi connectivity index (χ1n) is 7.29. The Morgan fingerprint density at radius 2 is 1.80 bits per heavy atom. The number of aryl methyl sites for hydroxylation is 1. The number of methoxy groups -OCH3 is 1. The van der Waals surface area contributed by atoms with Gasteiger partial charge in [-0.15, -0.1) is 0 Å². The van der Waals surface area contributed by atoms with Crippen LogP contribution in [0.5, 0.6) is 0 Å². The first kappa shape index (κ1) is 19.6. The van der Waals surface area contributed by atoms with Gasteiger partial charge in [-0.05, 0) is 49.2 Å². The Bertz CT molecular complexity index is 913. The average molecular weight is 402 g/mol. The molecule has 0 heterocycles. The Kier molecular flexibility index (Phi) is 5.98. The maximum absolute atomic E-state index is 13.1. The fourth-order valence-electron chi connectivity index (χ4n) is 2.25. The molecule has 0 bridgehead atoms. The van der Waals surface area contributed by atoms with Crippen LogP contribution < -0.4 is 4.31 Å². The summed E-state index contributed by atoms with van der Waals surface area (Å²) in [4.78, 5) is 11.8. The number of benzene rings is 2. The summed E-state index contributed by atoms with van der Waals surface area (Å²) in [5, 5.41) is 0.355. The number of esters is 1. The van der Waals surface area contributed by atoms with Crippen LogP contribution in [0, 0.1) is 13.8 Å². The molecule has 2 aromatic rings. The summed E-state index contributed by atoms with van der Waals surface area (Å²) in [6.07, 6.45) is 0. The molecule has 134 valence electrons. The molecule has 0 saturated heterocycles. The number of ether oxygens (including phenoxy) is 1. The van der Waals surface area contributed by atoms with Gasteiger partial charge >= 0.3 is 5.97 Å². The van der Waals surface area contributed by atoms with Crippen molar-refractivity contribution in [2.75, 3.05) is 18.0 Å². The molecule has 0 N–H and O–H groups in total. The van der Waals surface area contributed by atoms with E-state index < -0.39 is 22.5 Å². The van der Waals surface area contributed by atoms with E-state index in [-0.39, 0.29) is 14.9 Å². The smallest absolute Gasteiger partial charge is 0.326 e. The van der Waals surface area contributed by atoms with Crippen LogP contribution in [0.15, 0.2) is 41.3 Å². The van der Waals surface area contributed by atoms with E-state index in [1.54, 1.807) is 19.1 Å². The number of carbonyl (C=O) groups is 1. The predicted molar refractivity (Wildman–Crippen MR) is 98.9 cm³/mol. The van der Waals surface area contributed by atoms with Gasteiger partial charge in [-0.3, -0.25) is 9.10 Å².